The molecule has 0 radical (unpaired) electrons. The summed E-state index contributed by atoms with van der Waals surface area (Å²) < 4.78 is 0. The van der Waals surface area contributed by atoms with Gasteiger partial charge in [-0.25, -0.2) is 0 Å². The van der Waals surface area contributed by atoms with Gasteiger partial charge in [0.15, 0.2) is 0 Å². The second kappa shape index (κ2) is 9.34. The Balaban J connectivity index is 1.67. The van der Waals surface area contributed by atoms with Crippen LogP contribution in [0.1, 0.15) is 35.2 Å². The molecule has 0 spiro atoms. The molecule has 2 aromatic carbocycles. The first-order chi connectivity index (χ1) is 14.0. The number of anilines is 1. The Bertz CT molecular complexity index is 968. The van der Waals surface area contributed by atoms with Crippen LogP contribution in [0, 0.1) is 10.1 Å². The van der Waals surface area contributed by atoms with E-state index in [-0.39, 0.29) is 16.6 Å². The van der Waals surface area contributed by atoms with Gasteiger partial charge in [-0.05, 0) is 49.6 Å². The lowest BCUT2D eigenvalue weighted by molar-refractivity contribution is -0.385. The Labute approximate surface area is 173 Å². The normalized spacial score (nSPS) is 14.0. The number of rotatable bonds is 5. The molecule has 1 aliphatic rings. The van der Waals surface area contributed by atoms with E-state index in [1.807, 2.05) is 0 Å². The zero-order valence-corrected chi connectivity index (χ0v) is 16.4. The fourth-order valence-corrected chi connectivity index (χ4v) is 3.44. The lowest BCUT2D eigenvalue weighted by atomic mass is 10.1. The molecule has 2 aromatic rings. The van der Waals surface area contributed by atoms with Gasteiger partial charge in [-0.2, -0.15) is 0 Å². The van der Waals surface area contributed by atoms with E-state index in [0.29, 0.717) is 16.8 Å². The van der Waals surface area contributed by atoms with Crippen molar-refractivity contribution in [2.75, 3.05) is 18.4 Å². The molecule has 1 aliphatic heterocycles. The van der Waals surface area contributed by atoms with Crippen molar-refractivity contribution in [1.82, 2.24) is 4.90 Å². The van der Waals surface area contributed by atoms with Crippen molar-refractivity contribution in [3.05, 3.63) is 74.8 Å². The molecule has 1 N–H and O–H groups in total. The molecule has 2 amide bonds. The Kier molecular flexibility index (Phi) is 6.61. The van der Waals surface area contributed by atoms with Crippen LogP contribution in [0.25, 0.3) is 6.08 Å². The number of nitrogens with one attached hydrogen (secondary N) is 1. The lowest BCUT2D eigenvalue weighted by Crippen LogP contribution is -2.35. The van der Waals surface area contributed by atoms with E-state index in [0.717, 1.165) is 32.4 Å². The van der Waals surface area contributed by atoms with Gasteiger partial charge in [0, 0.05) is 30.9 Å². The summed E-state index contributed by atoms with van der Waals surface area (Å²) in [6.45, 7) is 1.45. The number of nitro groups is 1. The molecule has 1 fully saturated rings. The maximum Gasteiger partial charge on any atom is 0.276 e. The fraction of sp³-hybridized carbons (Fsp3) is 0.238. The summed E-state index contributed by atoms with van der Waals surface area (Å²) in [7, 11) is 0. The minimum Gasteiger partial charge on any atom is -0.339 e. The summed E-state index contributed by atoms with van der Waals surface area (Å²) in [6.07, 6.45) is 5.70. The molecule has 29 heavy (non-hydrogen) atoms. The van der Waals surface area contributed by atoms with Crippen LogP contribution < -0.4 is 5.32 Å². The summed E-state index contributed by atoms with van der Waals surface area (Å²) in [4.78, 5) is 37.1. The topological polar surface area (TPSA) is 92.5 Å². The second-order valence-electron chi connectivity index (χ2n) is 6.69. The van der Waals surface area contributed by atoms with Gasteiger partial charge >= 0.3 is 0 Å². The van der Waals surface area contributed by atoms with Gasteiger partial charge in [0.2, 0.25) is 5.91 Å². The zero-order valence-electron chi connectivity index (χ0n) is 15.6. The molecule has 0 bridgehead atoms. The monoisotopic (exact) mass is 413 g/mol. The Morgan fingerprint density at radius 2 is 1.83 bits per heavy atom. The largest absolute Gasteiger partial charge is 0.339 e. The number of nitrogens with zero attached hydrogens (tertiary/aromatic N) is 2. The highest BCUT2D eigenvalue weighted by Crippen LogP contribution is 2.24. The third-order valence-corrected chi connectivity index (χ3v) is 4.97. The number of piperidine rings is 1. The molecule has 150 valence electrons. The summed E-state index contributed by atoms with van der Waals surface area (Å²) >= 11 is 6.26. The molecule has 1 saturated heterocycles. The number of carbonyl (C=O) groups is 2. The molecule has 1 heterocycles. The zero-order chi connectivity index (χ0) is 20.8. The van der Waals surface area contributed by atoms with Gasteiger partial charge in [0.1, 0.15) is 0 Å². The van der Waals surface area contributed by atoms with Crippen molar-refractivity contribution in [3.8, 4) is 0 Å². The molecule has 0 aliphatic carbocycles. The smallest absolute Gasteiger partial charge is 0.276 e. The third-order valence-electron chi connectivity index (χ3n) is 4.66. The summed E-state index contributed by atoms with van der Waals surface area (Å²) in [6, 6.07) is 10.9. The standard InChI is InChI=1S/C21H20ClN3O4/c22-18-14-16(9-10-17(18)21(27)24-12-4-1-5-13-24)23-20(26)11-8-15-6-2-3-7-19(15)25(28)29/h2-3,6-11,14H,1,4-5,12-13H2,(H,23,26). The summed E-state index contributed by atoms with van der Waals surface area (Å²) in [5.41, 5.74) is 1.08. The van der Waals surface area contributed by atoms with Gasteiger partial charge < -0.3 is 10.2 Å². The third kappa shape index (κ3) is 5.20. The number of benzene rings is 2. The highest BCUT2D eigenvalue weighted by atomic mass is 35.5. The molecule has 0 atom stereocenters. The van der Waals surface area contributed by atoms with E-state index in [1.165, 1.54) is 24.3 Å². The second-order valence-corrected chi connectivity index (χ2v) is 7.09. The number of amides is 2. The number of para-hydroxylation sites is 1. The first-order valence-corrected chi connectivity index (χ1v) is 9.65. The lowest BCUT2D eigenvalue weighted by Gasteiger charge is -2.27. The van der Waals surface area contributed by atoms with Crippen LogP contribution in [0.4, 0.5) is 11.4 Å². The van der Waals surface area contributed by atoms with Gasteiger partial charge in [-0.3, -0.25) is 19.7 Å². The van der Waals surface area contributed by atoms with Crippen LogP contribution in [0.3, 0.4) is 0 Å². The van der Waals surface area contributed by atoms with Crippen molar-refractivity contribution < 1.29 is 14.5 Å². The van der Waals surface area contributed by atoms with Gasteiger partial charge in [-0.15, -0.1) is 0 Å². The highest BCUT2D eigenvalue weighted by Gasteiger charge is 2.20. The molecule has 7 nitrogen and oxygen atoms in total. The first-order valence-electron chi connectivity index (χ1n) is 9.27. The van der Waals surface area contributed by atoms with Crippen LogP contribution in [0.15, 0.2) is 48.5 Å². The number of hydrogen-bond acceptors (Lipinski definition) is 4. The summed E-state index contributed by atoms with van der Waals surface area (Å²) in [5.74, 6) is -0.571. The number of hydrogen-bond donors (Lipinski definition) is 1. The minimum absolute atomic E-state index is 0.0832. The highest BCUT2D eigenvalue weighted by molar-refractivity contribution is 6.34. The number of nitro benzene ring substituents is 1. The molecular weight excluding hydrogens is 394 g/mol. The van der Waals surface area contributed by atoms with E-state index in [1.54, 1.807) is 35.2 Å². The van der Waals surface area contributed by atoms with E-state index in [4.69, 9.17) is 11.6 Å². The van der Waals surface area contributed by atoms with E-state index < -0.39 is 10.8 Å². The number of halogens is 1. The van der Waals surface area contributed by atoms with Gasteiger partial charge in [0.05, 0.1) is 21.1 Å². The predicted octanol–water partition coefficient (Wildman–Crippen LogP) is 4.53. The average Bonchev–Trinajstić information content (AvgIpc) is 2.72. The van der Waals surface area contributed by atoms with E-state index in [2.05, 4.69) is 5.32 Å². The predicted molar refractivity (Wildman–Crippen MR) is 112 cm³/mol. The van der Waals surface area contributed by atoms with Crippen molar-refractivity contribution in [3.63, 3.8) is 0 Å². The quantitative estimate of drug-likeness (QED) is 0.443. The van der Waals surface area contributed by atoms with Crippen LogP contribution in [-0.4, -0.2) is 34.7 Å². The molecule has 8 heteroatoms. The Hall–Kier alpha value is -3.19. The minimum atomic E-state index is -0.505. The van der Waals surface area contributed by atoms with Crippen molar-refractivity contribution in [1.29, 1.82) is 0 Å². The maximum atomic E-state index is 12.6. The van der Waals surface area contributed by atoms with Crippen LogP contribution in [0.2, 0.25) is 5.02 Å². The van der Waals surface area contributed by atoms with Crippen LogP contribution in [0.5, 0.6) is 0 Å². The molecule has 0 unspecified atom stereocenters. The van der Waals surface area contributed by atoms with Crippen molar-refractivity contribution in [2.45, 2.75) is 19.3 Å². The Morgan fingerprint density at radius 1 is 1.10 bits per heavy atom. The molecule has 3 rings (SSSR count). The van der Waals surface area contributed by atoms with E-state index in [9.17, 15) is 19.7 Å². The Morgan fingerprint density at radius 3 is 2.52 bits per heavy atom. The average molecular weight is 414 g/mol. The molecule has 0 saturated carbocycles. The number of carbonyl (C=O) groups excluding carboxylic acids is 2. The van der Waals surface area contributed by atoms with Crippen molar-refractivity contribution in [2.24, 2.45) is 0 Å². The van der Waals surface area contributed by atoms with Crippen molar-refractivity contribution >= 4 is 40.9 Å². The number of likely N-dealkylation sites (tertiary alicyclic amines) is 1. The fourth-order valence-electron chi connectivity index (χ4n) is 3.18. The summed E-state index contributed by atoms with van der Waals surface area (Å²) in [5, 5.41) is 13.9. The van der Waals surface area contributed by atoms with E-state index >= 15 is 0 Å². The van der Waals surface area contributed by atoms with Crippen LogP contribution >= 0.6 is 11.6 Å². The first kappa shape index (κ1) is 20.5. The van der Waals surface area contributed by atoms with Crippen LogP contribution in [-0.2, 0) is 4.79 Å². The SMILES string of the molecule is O=C(C=Cc1ccccc1[N+](=O)[O-])Nc1ccc(C(=O)N2CCCCC2)c(Cl)c1. The van der Waals surface area contributed by atoms with Gasteiger partial charge in [-0.1, -0.05) is 23.7 Å². The van der Waals surface area contributed by atoms with Gasteiger partial charge in [0.25, 0.3) is 11.6 Å². The molecular formula is C21H20ClN3O4. The molecule has 0 aromatic heterocycles. The maximum absolute atomic E-state index is 12.6.